The fourth-order valence-electron chi connectivity index (χ4n) is 4.74. The number of hydrogen-bond acceptors (Lipinski definition) is 3. The van der Waals surface area contributed by atoms with Gasteiger partial charge in [0.05, 0.1) is 10.7 Å². The van der Waals surface area contributed by atoms with Crippen molar-refractivity contribution < 1.29 is 9.53 Å². The smallest absolute Gasteiger partial charge is 0.303 e. The van der Waals surface area contributed by atoms with E-state index in [1.54, 1.807) is 0 Å². The van der Waals surface area contributed by atoms with Crippen LogP contribution in [0.4, 0.5) is 5.69 Å². The first-order valence-electron chi connectivity index (χ1n) is 11.8. The minimum Gasteiger partial charge on any atom is -0.454 e. The summed E-state index contributed by atoms with van der Waals surface area (Å²) in [7, 11) is 0. The van der Waals surface area contributed by atoms with Crippen molar-refractivity contribution in [2.24, 2.45) is 5.92 Å². The summed E-state index contributed by atoms with van der Waals surface area (Å²) in [6.45, 7) is 5.17. The predicted octanol–water partition coefficient (Wildman–Crippen LogP) is 7.52. The van der Waals surface area contributed by atoms with Crippen molar-refractivity contribution in [1.29, 1.82) is 0 Å². The van der Waals surface area contributed by atoms with Crippen LogP contribution in [-0.2, 0) is 28.2 Å². The lowest BCUT2D eigenvalue weighted by molar-refractivity contribution is -0.150. The maximum Gasteiger partial charge on any atom is 0.303 e. The standard InChI is InChI=1S/C29H32ClNO2/c1-3-4-15-26-19-29(26,33-22(2)32)25-16-17-27(30)28(18-25)31(20-23-11-7-5-8-12-23)21-24-13-9-6-10-14-24/h5-14,16-18,26H,3-4,15,19-21H2,1-2H3. The van der Waals surface area contributed by atoms with Gasteiger partial charge in [-0.1, -0.05) is 98.1 Å². The van der Waals surface area contributed by atoms with Gasteiger partial charge in [-0.2, -0.15) is 0 Å². The van der Waals surface area contributed by atoms with Crippen molar-refractivity contribution in [1.82, 2.24) is 0 Å². The maximum atomic E-state index is 12.0. The van der Waals surface area contributed by atoms with Crippen LogP contribution in [-0.4, -0.2) is 5.97 Å². The summed E-state index contributed by atoms with van der Waals surface area (Å²) < 4.78 is 5.96. The summed E-state index contributed by atoms with van der Waals surface area (Å²) in [4.78, 5) is 14.3. The lowest BCUT2D eigenvalue weighted by Crippen LogP contribution is -2.24. The molecule has 0 aromatic heterocycles. The number of esters is 1. The SMILES string of the molecule is CCCCC1CC1(OC(C)=O)c1ccc(Cl)c(N(Cc2ccccc2)Cc2ccccc2)c1. The van der Waals surface area contributed by atoms with Crippen LogP contribution in [0.1, 0.15) is 56.2 Å². The highest BCUT2D eigenvalue weighted by molar-refractivity contribution is 6.33. The van der Waals surface area contributed by atoms with Gasteiger partial charge in [-0.25, -0.2) is 0 Å². The second-order valence-corrected chi connectivity index (χ2v) is 9.43. The van der Waals surface area contributed by atoms with Crippen LogP contribution in [0.5, 0.6) is 0 Å². The minimum absolute atomic E-state index is 0.226. The monoisotopic (exact) mass is 461 g/mol. The third kappa shape index (κ3) is 5.59. The van der Waals surface area contributed by atoms with Gasteiger partial charge in [-0.3, -0.25) is 4.79 Å². The van der Waals surface area contributed by atoms with Gasteiger partial charge in [0.1, 0.15) is 5.60 Å². The Labute approximate surface area is 202 Å². The van der Waals surface area contributed by atoms with Gasteiger partial charge in [0, 0.05) is 25.9 Å². The zero-order chi connectivity index (χ0) is 23.3. The Morgan fingerprint density at radius 2 is 1.61 bits per heavy atom. The van der Waals surface area contributed by atoms with Crippen LogP contribution >= 0.6 is 11.6 Å². The Bertz CT molecular complexity index is 1030. The molecule has 0 bridgehead atoms. The molecule has 4 heteroatoms. The number of halogens is 1. The average Bonchev–Trinajstić information content (AvgIpc) is 3.51. The molecule has 1 aliphatic rings. The summed E-state index contributed by atoms with van der Waals surface area (Å²) >= 11 is 6.77. The molecular formula is C29H32ClNO2. The van der Waals surface area contributed by atoms with Crippen molar-refractivity contribution in [3.63, 3.8) is 0 Å². The van der Waals surface area contributed by atoms with Crippen molar-refractivity contribution >= 4 is 23.3 Å². The number of nitrogens with zero attached hydrogens (tertiary/aromatic N) is 1. The number of hydrogen-bond donors (Lipinski definition) is 0. The number of carbonyl (C=O) groups excluding carboxylic acids is 1. The Balaban J connectivity index is 1.69. The fraction of sp³-hybridized carbons (Fsp3) is 0.345. The summed E-state index contributed by atoms with van der Waals surface area (Å²) in [6.07, 6.45) is 4.23. The number of anilines is 1. The number of carbonyl (C=O) groups is 1. The van der Waals surface area contributed by atoms with Gasteiger partial charge >= 0.3 is 5.97 Å². The summed E-state index contributed by atoms with van der Waals surface area (Å²) in [5.41, 5.74) is 3.93. The predicted molar refractivity (Wildman–Crippen MR) is 135 cm³/mol. The van der Waals surface area contributed by atoms with Crippen LogP contribution in [0, 0.1) is 5.92 Å². The molecule has 3 aromatic rings. The summed E-state index contributed by atoms with van der Waals surface area (Å²) in [5, 5.41) is 0.703. The Morgan fingerprint density at radius 1 is 1.00 bits per heavy atom. The largest absolute Gasteiger partial charge is 0.454 e. The summed E-state index contributed by atoms with van der Waals surface area (Å²) in [6, 6.07) is 27.0. The molecule has 33 heavy (non-hydrogen) atoms. The second-order valence-electron chi connectivity index (χ2n) is 9.02. The highest BCUT2D eigenvalue weighted by Gasteiger charge is 2.58. The zero-order valence-corrected chi connectivity index (χ0v) is 20.2. The third-order valence-corrected chi connectivity index (χ3v) is 6.81. The molecule has 0 N–H and O–H groups in total. The van der Waals surface area contributed by atoms with E-state index in [2.05, 4.69) is 66.4 Å². The highest BCUT2D eigenvalue weighted by atomic mass is 35.5. The molecule has 3 nitrogen and oxygen atoms in total. The molecule has 2 unspecified atom stereocenters. The molecule has 1 fully saturated rings. The Kier molecular flexibility index (Phi) is 7.39. The third-order valence-electron chi connectivity index (χ3n) is 6.49. The van der Waals surface area contributed by atoms with Gasteiger partial charge in [0.15, 0.2) is 0 Å². The van der Waals surface area contributed by atoms with Gasteiger partial charge in [-0.15, -0.1) is 0 Å². The molecular weight excluding hydrogens is 430 g/mol. The van der Waals surface area contributed by atoms with Gasteiger partial charge in [0.2, 0.25) is 0 Å². The molecule has 2 atom stereocenters. The molecule has 3 aromatic carbocycles. The van der Waals surface area contributed by atoms with Crippen LogP contribution < -0.4 is 4.90 Å². The lowest BCUT2D eigenvalue weighted by Gasteiger charge is -2.28. The topological polar surface area (TPSA) is 29.5 Å². The van der Waals surface area contributed by atoms with Crippen LogP contribution in [0.3, 0.4) is 0 Å². The first-order chi connectivity index (χ1) is 16.0. The number of ether oxygens (including phenoxy) is 1. The molecule has 172 valence electrons. The van der Waals surface area contributed by atoms with E-state index in [1.807, 2.05) is 24.3 Å². The first kappa shape index (κ1) is 23.4. The molecule has 0 saturated heterocycles. The maximum absolute atomic E-state index is 12.0. The van der Waals surface area contributed by atoms with Crippen LogP contribution in [0.25, 0.3) is 0 Å². The lowest BCUT2D eigenvalue weighted by atomic mass is 10.0. The average molecular weight is 462 g/mol. The molecule has 4 rings (SSSR count). The van der Waals surface area contributed by atoms with E-state index >= 15 is 0 Å². The normalized spacial score (nSPS) is 19.2. The van der Waals surface area contributed by atoms with Crippen molar-refractivity contribution in [3.05, 3.63) is 101 Å². The van der Waals surface area contributed by atoms with Crippen molar-refractivity contribution in [3.8, 4) is 0 Å². The molecule has 1 saturated carbocycles. The minimum atomic E-state index is -0.522. The first-order valence-corrected chi connectivity index (χ1v) is 12.2. The molecule has 0 spiro atoms. The zero-order valence-electron chi connectivity index (χ0n) is 19.5. The van der Waals surface area contributed by atoms with Crippen LogP contribution in [0.15, 0.2) is 78.9 Å². The molecule has 0 aliphatic heterocycles. The van der Waals surface area contributed by atoms with E-state index in [9.17, 15) is 4.79 Å². The van der Waals surface area contributed by atoms with Gasteiger partial charge in [-0.05, 0) is 41.7 Å². The van der Waals surface area contributed by atoms with E-state index in [4.69, 9.17) is 16.3 Å². The molecule has 0 radical (unpaired) electrons. The highest BCUT2D eigenvalue weighted by Crippen LogP contribution is 2.58. The number of unbranched alkanes of at least 4 members (excludes halogenated alkanes) is 1. The fourth-order valence-corrected chi connectivity index (χ4v) is 4.98. The quantitative estimate of drug-likeness (QED) is 0.292. The Hall–Kier alpha value is -2.78. The van der Waals surface area contributed by atoms with E-state index in [0.29, 0.717) is 10.9 Å². The molecule has 0 heterocycles. The van der Waals surface area contributed by atoms with Crippen LogP contribution in [0.2, 0.25) is 5.02 Å². The van der Waals surface area contributed by atoms with Gasteiger partial charge < -0.3 is 9.64 Å². The molecule has 1 aliphatic carbocycles. The van der Waals surface area contributed by atoms with E-state index in [0.717, 1.165) is 50.0 Å². The number of rotatable bonds is 10. The van der Waals surface area contributed by atoms with E-state index in [1.165, 1.54) is 18.1 Å². The summed E-state index contributed by atoms with van der Waals surface area (Å²) in [5.74, 6) is 0.142. The van der Waals surface area contributed by atoms with Crippen molar-refractivity contribution in [2.45, 2.75) is 58.2 Å². The van der Waals surface area contributed by atoms with E-state index < -0.39 is 5.60 Å². The second kappa shape index (κ2) is 10.4. The van der Waals surface area contributed by atoms with Gasteiger partial charge in [0.25, 0.3) is 0 Å². The number of benzene rings is 3. The Morgan fingerprint density at radius 3 is 2.15 bits per heavy atom. The molecule has 0 amide bonds. The van der Waals surface area contributed by atoms with Crippen molar-refractivity contribution in [2.75, 3.05) is 4.90 Å². The van der Waals surface area contributed by atoms with E-state index in [-0.39, 0.29) is 5.97 Å².